The third kappa shape index (κ3) is 3.66. The van der Waals surface area contributed by atoms with Gasteiger partial charge >= 0.3 is 0 Å². The molecule has 2 N–H and O–H groups in total. The maximum absolute atomic E-state index is 13.3. The van der Waals surface area contributed by atoms with Crippen molar-refractivity contribution in [3.8, 4) is 0 Å². The highest BCUT2D eigenvalue weighted by Gasteiger charge is 2.24. The van der Waals surface area contributed by atoms with E-state index >= 15 is 0 Å². The first-order valence-corrected chi connectivity index (χ1v) is 9.08. The number of hydrogen-bond donors (Lipinski definition) is 2. The molecule has 2 aliphatic rings. The van der Waals surface area contributed by atoms with Gasteiger partial charge in [0.05, 0.1) is 23.5 Å². The number of anilines is 3. The second kappa shape index (κ2) is 7.04. The first kappa shape index (κ1) is 17.5. The molecule has 2 heterocycles. The van der Waals surface area contributed by atoms with Crippen LogP contribution in [0.1, 0.15) is 19.4 Å². The molecule has 27 heavy (non-hydrogen) atoms. The lowest BCUT2D eigenvalue weighted by Gasteiger charge is -2.36. The van der Waals surface area contributed by atoms with Crippen molar-refractivity contribution in [3.05, 3.63) is 60.0 Å². The predicted octanol–water partition coefficient (Wildman–Crippen LogP) is 3.84. The van der Waals surface area contributed by atoms with Gasteiger partial charge in [0.15, 0.2) is 0 Å². The topological polar surface area (TPSA) is 53.6 Å². The molecule has 2 aliphatic heterocycles. The number of amides is 1. The van der Waals surface area contributed by atoms with Crippen LogP contribution in [0.15, 0.2) is 48.7 Å². The lowest BCUT2D eigenvalue weighted by molar-refractivity contribution is -0.110. The third-order valence-corrected chi connectivity index (χ3v) is 4.80. The fourth-order valence-electron chi connectivity index (χ4n) is 3.62. The minimum absolute atomic E-state index is 0.210. The van der Waals surface area contributed by atoms with Gasteiger partial charge in [0, 0.05) is 36.2 Å². The monoisotopic (exact) mass is 367 g/mol. The normalized spacial score (nSPS) is 23.3. The largest absolute Gasteiger partial charge is 0.372 e. The number of fused-ring (bicyclic) bond motifs is 1. The lowest BCUT2D eigenvalue weighted by atomic mass is 10.1. The van der Waals surface area contributed by atoms with Crippen molar-refractivity contribution in [2.45, 2.75) is 26.1 Å². The quantitative estimate of drug-likeness (QED) is 0.810. The molecule has 2 unspecified atom stereocenters. The molecule has 1 amide bonds. The van der Waals surface area contributed by atoms with Gasteiger partial charge in [-0.1, -0.05) is 0 Å². The average Bonchev–Trinajstić information content (AvgIpc) is 2.93. The van der Waals surface area contributed by atoms with Gasteiger partial charge in [-0.2, -0.15) is 0 Å². The van der Waals surface area contributed by atoms with Crippen molar-refractivity contribution in [3.63, 3.8) is 0 Å². The Morgan fingerprint density at radius 2 is 1.85 bits per heavy atom. The van der Waals surface area contributed by atoms with Crippen LogP contribution in [0, 0.1) is 5.82 Å². The van der Waals surface area contributed by atoms with Gasteiger partial charge in [-0.25, -0.2) is 4.39 Å². The van der Waals surface area contributed by atoms with E-state index in [1.54, 1.807) is 12.3 Å². The molecule has 0 radical (unpaired) electrons. The Kier molecular flexibility index (Phi) is 4.58. The van der Waals surface area contributed by atoms with Crippen molar-refractivity contribution in [1.82, 2.24) is 0 Å². The predicted molar refractivity (Wildman–Crippen MR) is 105 cm³/mol. The molecule has 6 heteroatoms. The van der Waals surface area contributed by atoms with Crippen molar-refractivity contribution in [2.24, 2.45) is 0 Å². The molecule has 0 saturated carbocycles. The standard InChI is InChI=1S/C21H22FN3O2/c1-13-11-25(12-14(2)27-13)17-6-4-16(5-7-17)23-10-19-18-8-3-15(22)9-20(18)24-21(19)26/h3-10,13-14,23H,11-12H2,1-2H3,(H,24,26)/b19-10+. The number of nitrogens with one attached hydrogen (secondary N) is 2. The fraction of sp³-hybridized carbons (Fsp3) is 0.286. The smallest absolute Gasteiger partial charge is 0.257 e. The third-order valence-electron chi connectivity index (χ3n) is 4.80. The Balaban J connectivity index is 1.48. The van der Waals surface area contributed by atoms with Crippen LogP contribution in [-0.4, -0.2) is 31.2 Å². The number of morpholine rings is 1. The van der Waals surface area contributed by atoms with Gasteiger partial charge < -0.3 is 20.3 Å². The van der Waals surface area contributed by atoms with Crippen LogP contribution in [0.3, 0.4) is 0 Å². The number of carbonyl (C=O) groups excluding carboxylic acids is 1. The Morgan fingerprint density at radius 1 is 1.15 bits per heavy atom. The maximum atomic E-state index is 13.3. The van der Waals surface area contributed by atoms with E-state index < -0.39 is 0 Å². The van der Waals surface area contributed by atoms with Gasteiger partial charge in [-0.15, -0.1) is 0 Å². The number of hydrogen-bond acceptors (Lipinski definition) is 4. The summed E-state index contributed by atoms with van der Waals surface area (Å²) in [4.78, 5) is 14.4. The van der Waals surface area contributed by atoms with Gasteiger partial charge in [0.25, 0.3) is 5.91 Å². The molecule has 2 aromatic carbocycles. The van der Waals surface area contributed by atoms with Crippen LogP contribution >= 0.6 is 0 Å². The van der Waals surface area contributed by atoms with Crippen molar-refractivity contribution < 1.29 is 13.9 Å². The van der Waals surface area contributed by atoms with Crippen LogP contribution in [0.5, 0.6) is 0 Å². The van der Waals surface area contributed by atoms with E-state index in [0.29, 0.717) is 16.8 Å². The molecule has 2 aromatic rings. The number of benzene rings is 2. The van der Waals surface area contributed by atoms with E-state index in [-0.39, 0.29) is 23.9 Å². The Labute approximate surface area is 157 Å². The average molecular weight is 367 g/mol. The highest BCUT2D eigenvalue weighted by Crippen LogP contribution is 2.32. The van der Waals surface area contributed by atoms with Crippen molar-refractivity contribution in [2.75, 3.05) is 28.6 Å². The van der Waals surface area contributed by atoms with Gasteiger partial charge in [-0.3, -0.25) is 4.79 Å². The number of carbonyl (C=O) groups is 1. The number of nitrogens with zero attached hydrogens (tertiary/aromatic N) is 1. The summed E-state index contributed by atoms with van der Waals surface area (Å²) in [5.41, 5.74) is 3.71. The molecule has 5 nitrogen and oxygen atoms in total. The van der Waals surface area contributed by atoms with Crippen LogP contribution < -0.4 is 15.5 Å². The van der Waals surface area contributed by atoms with E-state index in [1.807, 2.05) is 12.1 Å². The highest BCUT2D eigenvalue weighted by molar-refractivity contribution is 6.31. The van der Waals surface area contributed by atoms with E-state index in [2.05, 4.69) is 41.5 Å². The van der Waals surface area contributed by atoms with Crippen LogP contribution in [-0.2, 0) is 9.53 Å². The number of ether oxygens (including phenoxy) is 1. The summed E-state index contributed by atoms with van der Waals surface area (Å²) in [7, 11) is 0. The van der Waals surface area contributed by atoms with E-state index in [1.165, 1.54) is 12.1 Å². The molecular formula is C21H22FN3O2. The summed E-state index contributed by atoms with van der Waals surface area (Å²) in [5.74, 6) is -0.610. The second-order valence-electron chi connectivity index (χ2n) is 7.06. The second-order valence-corrected chi connectivity index (χ2v) is 7.06. The molecule has 1 fully saturated rings. The molecule has 0 aliphatic carbocycles. The van der Waals surface area contributed by atoms with Crippen LogP contribution in [0.2, 0.25) is 0 Å². The Bertz CT molecular complexity index is 885. The molecule has 2 atom stereocenters. The zero-order valence-electron chi connectivity index (χ0n) is 15.3. The Hall–Kier alpha value is -2.86. The maximum Gasteiger partial charge on any atom is 0.257 e. The minimum atomic E-state index is -0.370. The fourth-order valence-corrected chi connectivity index (χ4v) is 3.62. The summed E-state index contributed by atoms with van der Waals surface area (Å²) in [6, 6.07) is 12.4. The van der Waals surface area contributed by atoms with Crippen molar-refractivity contribution >= 4 is 28.5 Å². The summed E-state index contributed by atoms with van der Waals surface area (Å²) in [6.07, 6.45) is 2.08. The van der Waals surface area contributed by atoms with Crippen LogP contribution in [0.25, 0.3) is 5.57 Å². The summed E-state index contributed by atoms with van der Waals surface area (Å²) in [6.45, 7) is 5.91. The lowest BCUT2D eigenvalue weighted by Crippen LogP contribution is -2.45. The minimum Gasteiger partial charge on any atom is -0.372 e. The Morgan fingerprint density at radius 3 is 2.56 bits per heavy atom. The van der Waals surface area contributed by atoms with E-state index in [0.717, 1.165) is 24.5 Å². The van der Waals surface area contributed by atoms with E-state index in [9.17, 15) is 9.18 Å². The first-order chi connectivity index (χ1) is 13.0. The molecular weight excluding hydrogens is 345 g/mol. The number of rotatable bonds is 3. The first-order valence-electron chi connectivity index (χ1n) is 9.08. The zero-order chi connectivity index (χ0) is 19.0. The van der Waals surface area contributed by atoms with Gasteiger partial charge in [0.1, 0.15) is 5.82 Å². The summed E-state index contributed by atoms with van der Waals surface area (Å²) in [5, 5.41) is 5.84. The number of halogens is 1. The zero-order valence-corrected chi connectivity index (χ0v) is 15.3. The molecule has 1 saturated heterocycles. The highest BCUT2D eigenvalue weighted by atomic mass is 19.1. The van der Waals surface area contributed by atoms with Crippen LogP contribution in [0.4, 0.5) is 21.5 Å². The molecule has 0 aromatic heterocycles. The molecule has 140 valence electrons. The summed E-state index contributed by atoms with van der Waals surface area (Å²) < 4.78 is 19.1. The molecule has 0 spiro atoms. The van der Waals surface area contributed by atoms with E-state index in [4.69, 9.17) is 4.74 Å². The van der Waals surface area contributed by atoms with Gasteiger partial charge in [0.2, 0.25) is 0 Å². The molecule has 4 rings (SSSR count). The molecule has 0 bridgehead atoms. The van der Waals surface area contributed by atoms with Gasteiger partial charge in [-0.05, 0) is 56.3 Å². The SMILES string of the molecule is CC1CN(c2ccc(N/C=C3/C(=O)Nc4cc(F)ccc43)cc2)CC(C)O1. The summed E-state index contributed by atoms with van der Waals surface area (Å²) >= 11 is 0. The van der Waals surface area contributed by atoms with Crippen molar-refractivity contribution in [1.29, 1.82) is 0 Å².